The van der Waals surface area contributed by atoms with Crippen LogP contribution in [0.4, 0.5) is 4.39 Å². The molecule has 1 nitrogen and oxygen atoms in total. The van der Waals surface area contributed by atoms with Crippen LogP contribution >= 0.6 is 0 Å². The number of aryl methyl sites for hydroxylation is 1. The number of hydrogen-bond acceptors (Lipinski definition) is 1. The van der Waals surface area contributed by atoms with Crippen LogP contribution in [0, 0.1) is 12.7 Å². The lowest BCUT2D eigenvalue weighted by atomic mass is 9.90. The van der Waals surface area contributed by atoms with E-state index in [0.29, 0.717) is 16.2 Å². The standard InChI is InChI=1S/C10H7BFN/c1-6-4-13-5-7-8(11)2-3-9(12)10(6)7/h2-5H,1H3. The Kier molecular flexibility index (Phi) is 1.80. The number of rotatable bonds is 0. The van der Waals surface area contributed by atoms with E-state index in [-0.39, 0.29) is 5.82 Å². The van der Waals surface area contributed by atoms with Crippen molar-refractivity contribution in [1.82, 2.24) is 4.98 Å². The van der Waals surface area contributed by atoms with E-state index in [4.69, 9.17) is 7.85 Å². The van der Waals surface area contributed by atoms with Crippen LogP contribution in [0.5, 0.6) is 0 Å². The average molecular weight is 171 g/mol. The van der Waals surface area contributed by atoms with Gasteiger partial charge in [0.05, 0.1) is 0 Å². The van der Waals surface area contributed by atoms with E-state index in [1.807, 2.05) is 6.92 Å². The molecule has 0 saturated carbocycles. The fourth-order valence-corrected chi connectivity index (χ4v) is 1.44. The number of benzene rings is 1. The third kappa shape index (κ3) is 1.20. The van der Waals surface area contributed by atoms with Crippen molar-refractivity contribution < 1.29 is 4.39 Å². The molecule has 3 heteroatoms. The number of halogens is 1. The van der Waals surface area contributed by atoms with Gasteiger partial charge in [-0.15, -0.1) is 0 Å². The molecular formula is C10H7BFN. The lowest BCUT2D eigenvalue weighted by Gasteiger charge is -2.05. The summed E-state index contributed by atoms with van der Waals surface area (Å²) >= 11 is 0. The van der Waals surface area contributed by atoms with E-state index in [1.165, 1.54) is 6.07 Å². The molecule has 0 spiro atoms. The Morgan fingerprint density at radius 2 is 2.08 bits per heavy atom. The predicted molar refractivity (Wildman–Crippen MR) is 51.8 cm³/mol. The van der Waals surface area contributed by atoms with Crippen LogP contribution in [0.15, 0.2) is 24.5 Å². The lowest BCUT2D eigenvalue weighted by Crippen LogP contribution is -2.05. The Hall–Kier alpha value is -1.38. The SMILES string of the molecule is [B]c1ccc(F)c2c(C)cncc12. The van der Waals surface area contributed by atoms with E-state index in [9.17, 15) is 4.39 Å². The van der Waals surface area contributed by atoms with Gasteiger partial charge in [0.15, 0.2) is 0 Å². The number of nitrogens with zero attached hydrogens (tertiary/aromatic N) is 1. The third-order valence-electron chi connectivity index (χ3n) is 2.09. The Bertz CT molecular complexity index is 459. The first-order valence-corrected chi connectivity index (χ1v) is 3.98. The van der Waals surface area contributed by atoms with Crippen molar-refractivity contribution in [1.29, 1.82) is 0 Å². The molecule has 0 aliphatic heterocycles. The van der Waals surface area contributed by atoms with E-state index in [1.54, 1.807) is 18.5 Å². The minimum absolute atomic E-state index is 0.246. The van der Waals surface area contributed by atoms with E-state index in [0.717, 1.165) is 5.56 Å². The van der Waals surface area contributed by atoms with Gasteiger partial charge in [0.2, 0.25) is 0 Å². The second-order valence-corrected chi connectivity index (χ2v) is 3.02. The molecule has 13 heavy (non-hydrogen) atoms. The van der Waals surface area contributed by atoms with Crippen LogP contribution in [0.2, 0.25) is 0 Å². The summed E-state index contributed by atoms with van der Waals surface area (Å²) in [5.41, 5.74) is 1.37. The summed E-state index contributed by atoms with van der Waals surface area (Å²) in [4.78, 5) is 3.97. The predicted octanol–water partition coefficient (Wildman–Crippen LogP) is 1.48. The highest BCUT2D eigenvalue weighted by Gasteiger charge is 2.04. The van der Waals surface area contributed by atoms with Crippen molar-refractivity contribution >= 4 is 24.1 Å². The first-order valence-electron chi connectivity index (χ1n) is 3.98. The summed E-state index contributed by atoms with van der Waals surface area (Å²) < 4.78 is 13.3. The number of aromatic nitrogens is 1. The quantitative estimate of drug-likeness (QED) is 0.547. The molecule has 2 radical (unpaired) electrons. The van der Waals surface area contributed by atoms with E-state index >= 15 is 0 Å². The molecular weight excluding hydrogens is 164 g/mol. The highest BCUT2D eigenvalue weighted by Crippen LogP contribution is 2.17. The maximum Gasteiger partial charge on any atom is 0.131 e. The Labute approximate surface area is 77.0 Å². The maximum absolute atomic E-state index is 13.3. The summed E-state index contributed by atoms with van der Waals surface area (Å²) in [5.74, 6) is -0.246. The Morgan fingerprint density at radius 3 is 2.77 bits per heavy atom. The molecule has 1 aromatic carbocycles. The van der Waals surface area contributed by atoms with Gasteiger partial charge < -0.3 is 0 Å². The normalized spacial score (nSPS) is 10.6. The first-order chi connectivity index (χ1) is 6.20. The second-order valence-electron chi connectivity index (χ2n) is 3.02. The van der Waals surface area contributed by atoms with Crippen molar-refractivity contribution in [2.24, 2.45) is 0 Å². The molecule has 0 bridgehead atoms. The molecule has 0 saturated heterocycles. The fraction of sp³-hybridized carbons (Fsp3) is 0.100. The van der Waals surface area contributed by atoms with Gasteiger partial charge in [0.1, 0.15) is 13.7 Å². The fourth-order valence-electron chi connectivity index (χ4n) is 1.44. The molecule has 0 fully saturated rings. The van der Waals surface area contributed by atoms with Crippen LogP contribution in [0.3, 0.4) is 0 Å². The lowest BCUT2D eigenvalue weighted by molar-refractivity contribution is 0.639. The average Bonchev–Trinajstić information content (AvgIpc) is 2.12. The van der Waals surface area contributed by atoms with Crippen LogP contribution in [0.1, 0.15) is 5.56 Å². The maximum atomic E-state index is 13.3. The van der Waals surface area contributed by atoms with Crippen LogP contribution in [-0.2, 0) is 0 Å². The number of hydrogen-bond donors (Lipinski definition) is 0. The van der Waals surface area contributed by atoms with Gasteiger partial charge >= 0.3 is 0 Å². The van der Waals surface area contributed by atoms with Gasteiger partial charge in [-0.1, -0.05) is 11.5 Å². The van der Waals surface area contributed by atoms with Crippen molar-refractivity contribution in [3.05, 3.63) is 35.9 Å². The molecule has 0 aliphatic carbocycles. The van der Waals surface area contributed by atoms with Crippen molar-refractivity contribution in [3.63, 3.8) is 0 Å². The van der Waals surface area contributed by atoms with E-state index in [2.05, 4.69) is 4.98 Å². The Balaban J connectivity index is 3.00. The summed E-state index contributed by atoms with van der Waals surface area (Å²) in [6.07, 6.45) is 3.21. The molecule has 1 heterocycles. The minimum Gasteiger partial charge on any atom is -0.264 e. The molecule has 1 aromatic heterocycles. The number of fused-ring (bicyclic) bond motifs is 1. The van der Waals surface area contributed by atoms with Crippen molar-refractivity contribution in [3.8, 4) is 0 Å². The van der Waals surface area contributed by atoms with Crippen LogP contribution in [0.25, 0.3) is 10.8 Å². The molecule has 0 N–H and O–H groups in total. The van der Waals surface area contributed by atoms with E-state index < -0.39 is 0 Å². The highest BCUT2D eigenvalue weighted by atomic mass is 19.1. The molecule has 62 valence electrons. The monoisotopic (exact) mass is 171 g/mol. The van der Waals surface area contributed by atoms with Gasteiger partial charge in [-0.2, -0.15) is 0 Å². The zero-order valence-electron chi connectivity index (χ0n) is 7.21. The Morgan fingerprint density at radius 1 is 1.31 bits per heavy atom. The second kappa shape index (κ2) is 2.84. The molecule has 2 aromatic rings. The molecule has 0 atom stereocenters. The zero-order valence-corrected chi connectivity index (χ0v) is 7.21. The largest absolute Gasteiger partial charge is 0.264 e. The molecule has 0 unspecified atom stereocenters. The summed E-state index contributed by atoms with van der Waals surface area (Å²) in [6, 6.07) is 2.93. The van der Waals surface area contributed by atoms with Gasteiger partial charge in [0, 0.05) is 17.8 Å². The third-order valence-corrected chi connectivity index (χ3v) is 2.09. The van der Waals surface area contributed by atoms with Crippen molar-refractivity contribution in [2.75, 3.05) is 0 Å². The van der Waals surface area contributed by atoms with Gasteiger partial charge in [-0.25, -0.2) is 4.39 Å². The van der Waals surface area contributed by atoms with Crippen LogP contribution < -0.4 is 5.46 Å². The number of pyridine rings is 1. The smallest absolute Gasteiger partial charge is 0.131 e. The molecule has 0 amide bonds. The van der Waals surface area contributed by atoms with Crippen molar-refractivity contribution in [2.45, 2.75) is 6.92 Å². The summed E-state index contributed by atoms with van der Waals surface area (Å²) in [6.45, 7) is 1.82. The molecule has 0 aliphatic rings. The summed E-state index contributed by atoms with van der Waals surface area (Å²) in [5, 5.41) is 1.25. The van der Waals surface area contributed by atoms with Gasteiger partial charge in [0.25, 0.3) is 0 Å². The summed E-state index contributed by atoms with van der Waals surface area (Å²) in [7, 11) is 5.69. The minimum atomic E-state index is -0.246. The topological polar surface area (TPSA) is 12.9 Å². The van der Waals surface area contributed by atoms with Gasteiger partial charge in [-0.3, -0.25) is 4.98 Å². The van der Waals surface area contributed by atoms with Gasteiger partial charge in [-0.05, 0) is 23.9 Å². The molecule has 2 rings (SSSR count). The highest BCUT2D eigenvalue weighted by molar-refractivity contribution is 6.38. The zero-order chi connectivity index (χ0) is 9.42. The van der Waals surface area contributed by atoms with Crippen LogP contribution in [-0.4, -0.2) is 12.8 Å². The first kappa shape index (κ1) is 8.23.